The van der Waals surface area contributed by atoms with E-state index in [2.05, 4.69) is 0 Å². The molecule has 1 fully saturated rings. The Morgan fingerprint density at radius 3 is 2.54 bits per heavy atom. The number of amides is 1. The van der Waals surface area contributed by atoms with E-state index in [1.54, 1.807) is 12.1 Å². The highest BCUT2D eigenvalue weighted by atomic mass is 35.5. The van der Waals surface area contributed by atoms with Crippen molar-refractivity contribution in [3.8, 4) is 17.2 Å². The number of hydrogen-bond donors (Lipinski definition) is 1. The van der Waals surface area contributed by atoms with E-state index in [0.29, 0.717) is 29.7 Å². The van der Waals surface area contributed by atoms with Crippen molar-refractivity contribution in [1.29, 1.82) is 0 Å². The van der Waals surface area contributed by atoms with Crippen LogP contribution < -0.4 is 9.47 Å². The molecular weight excluding hydrogens is 378 g/mol. The van der Waals surface area contributed by atoms with Crippen molar-refractivity contribution in [1.82, 2.24) is 4.90 Å². The van der Waals surface area contributed by atoms with Gasteiger partial charge in [-0.15, -0.1) is 0 Å². The van der Waals surface area contributed by atoms with E-state index >= 15 is 0 Å². The lowest BCUT2D eigenvalue weighted by atomic mass is 9.93. The molecule has 150 valence electrons. The first kappa shape index (κ1) is 20.3. The van der Waals surface area contributed by atoms with Gasteiger partial charge in [0.1, 0.15) is 5.75 Å². The fraction of sp³-hybridized carbons (Fsp3) is 0.409. The molecule has 0 radical (unpaired) electrons. The zero-order valence-electron chi connectivity index (χ0n) is 16.1. The Labute approximate surface area is 170 Å². The largest absolute Gasteiger partial charge is 0.504 e. The van der Waals surface area contributed by atoms with Gasteiger partial charge in [-0.2, -0.15) is 0 Å². The van der Waals surface area contributed by atoms with Crippen molar-refractivity contribution in [3.05, 3.63) is 53.1 Å². The summed E-state index contributed by atoms with van der Waals surface area (Å²) in [5.74, 6) is 1.98. The van der Waals surface area contributed by atoms with Crippen LogP contribution in [0.2, 0.25) is 5.02 Å². The molecule has 0 spiro atoms. The summed E-state index contributed by atoms with van der Waals surface area (Å²) in [6.07, 6.45) is 3.26. The van der Waals surface area contributed by atoms with E-state index in [4.69, 9.17) is 21.1 Å². The maximum atomic E-state index is 12.5. The van der Waals surface area contributed by atoms with Gasteiger partial charge < -0.3 is 19.5 Å². The molecule has 0 aromatic heterocycles. The molecule has 28 heavy (non-hydrogen) atoms. The monoisotopic (exact) mass is 403 g/mol. The van der Waals surface area contributed by atoms with Crippen LogP contribution in [0.15, 0.2) is 42.5 Å². The Morgan fingerprint density at radius 1 is 1.18 bits per heavy atom. The third-order valence-electron chi connectivity index (χ3n) is 5.17. The van der Waals surface area contributed by atoms with Crippen LogP contribution in [0.4, 0.5) is 0 Å². The molecule has 6 heteroatoms. The number of likely N-dealkylation sites (tertiary alicyclic amines) is 1. The highest BCUT2D eigenvalue weighted by Crippen LogP contribution is 2.27. The lowest BCUT2D eigenvalue weighted by Crippen LogP contribution is -2.39. The van der Waals surface area contributed by atoms with Gasteiger partial charge in [0.25, 0.3) is 0 Å². The Kier molecular flexibility index (Phi) is 7.04. The minimum Gasteiger partial charge on any atom is -0.504 e. The topological polar surface area (TPSA) is 59.0 Å². The number of rotatable bonds is 7. The molecule has 0 bridgehead atoms. The SMILES string of the molecule is COc1ccc(CC(=O)N2CCC(CCOc3ccc(Cl)cc3)CC2)cc1O. The normalized spacial score (nSPS) is 14.7. The minimum absolute atomic E-state index is 0.0622. The van der Waals surface area contributed by atoms with Gasteiger partial charge in [-0.05, 0) is 67.1 Å². The highest BCUT2D eigenvalue weighted by molar-refractivity contribution is 6.30. The molecule has 0 unspecified atom stereocenters. The molecule has 1 amide bonds. The number of hydrogen-bond acceptors (Lipinski definition) is 4. The first-order chi connectivity index (χ1) is 13.5. The van der Waals surface area contributed by atoms with Crippen molar-refractivity contribution in [2.45, 2.75) is 25.7 Å². The summed E-state index contributed by atoms with van der Waals surface area (Å²) < 4.78 is 10.8. The molecule has 0 saturated carbocycles. The number of carbonyl (C=O) groups is 1. The fourth-order valence-corrected chi connectivity index (χ4v) is 3.60. The molecule has 1 aliphatic heterocycles. The number of methoxy groups -OCH3 is 1. The molecule has 1 N–H and O–H groups in total. The van der Waals surface area contributed by atoms with Gasteiger partial charge >= 0.3 is 0 Å². The first-order valence-corrected chi connectivity index (χ1v) is 9.95. The molecule has 5 nitrogen and oxygen atoms in total. The molecule has 2 aromatic rings. The molecule has 3 rings (SSSR count). The van der Waals surface area contributed by atoms with Gasteiger partial charge in [-0.1, -0.05) is 17.7 Å². The second-order valence-electron chi connectivity index (χ2n) is 7.10. The van der Waals surface area contributed by atoms with Gasteiger partial charge in [0.2, 0.25) is 5.91 Å². The molecule has 0 aliphatic carbocycles. The fourth-order valence-electron chi connectivity index (χ4n) is 3.48. The zero-order valence-corrected chi connectivity index (χ0v) is 16.8. The van der Waals surface area contributed by atoms with E-state index < -0.39 is 0 Å². The number of halogens is 1. The average molecular weight is 404 g/mol. The number of phenols is 1. The summed E-state index contributed by atoms with van der Waals surface area (Å²) in [6, 6.07) is 12.5. The second kappa shape index (κ2) is 9.69. The summed E-state index contributed by atoms with van der Waals surface area (Å²) in [7, 11) is 1.50. The number of nitrogens with zero attached hydrogens (tertiary/aromatic N) is 1. The van der Waals surface area contributed by atoms with Crippen molar-refractivity contribution in [3.63, 3.8) is 0 Å². The van der Waals surface area contributed by atoms with Crippen molar-refractivity contribution in [2.24, 2.45) is 5.92 Å². The van der Waals surface area contributed by atoms with Crippen LogP contribution in [0, 0.1) is 5.92 Å². The van der Waals surface area contributed by atoms with Crippen LogP contribution in [0.5, 0.6) is 17.2 Å². The van der Waals surface area contributed by atoms with Crippen molar-refractivity contribution >= 4 is 17.5 Å². The highest BCUT2D eigenvalue weighted by Gasteiger charge is 2.23. The third kappa shape index (κ3) is 5.55. The number of piperidine rings is 1. The lowest BCUT2D eigenvalue weighted by molar-refractivity contribution is -0.131. The van der Waals surface area contributed by atoms with E-state index in [-0.39, 0.29) is 11.7 Å². The second-order valence-corrected chi connectivity index (χ2v) is 7.53. The predicted octanol–water partition coefficient (Wildman–Crippen LogP) is 4.30. The molecule has 2 aromatic carbocycles. The Bertz CT molecular complexity index is 786. The number of benzene rings is 2. The van der Waals surface area contributed by atoms with E-state index in [9.17, 15) is 9.90 Å². The summed E-state index contributed by atoms with van der Waals surface area (Å²) in [6.45, 7) is 2.21. The van der Waals surface area contributed by atoms with E-state index in [1.165, 1.54) is 7.11 Å². The van der Waals surface area contributed by atoms with Crippen LogP contribution in [-0.2, 0) is 11.2 Å². The Hall–Kier alpha value is -2.40. The van der Waals surface area contributed by atoms with Crippen molar-refractivity contribution in [2.75, 3.05) is 26.8 Å². The van der Waals surface area contributed by atoms with Gasteiger partial charge in [0.15, 0.2) is 11.5 Å². The van der Waals surface area contributed by atoms with Crippen LogP contribution >= 0.6 is 11.6 Å². The quantitative estimate of drug-likeness (QED) is 0.748. The maximum Gasteiger partial charge on any atom is 0.226 e. The zero-order chi connectivity index (χ0) is 19.9. The van der Waals surface area contributed by atoms with Crippen molar-refractivity contribution < 1.29 is 19.4 Å². The van der Waals surface area contributed by atoms with Gasteiger partial charge in [-0.3, -0.25) is 4.79 Å². The predicted molar refractivity (Wildman–Crippen MR) is 109 cm³/mol. The van der Waals surface area contributed by atoms with Gasteiger partial charge in [0, 0.05) is 18.1 Å². The minimum atomic E-state index is 0.0622. The van der Waals surface area contributed by atoms with Crippen LogP contribution in [0.1, 0.15) is 24.8 Å². The first-order valence-electron chi connectivity index (χ1n) is 9.57. The van der Waals surface area contributed by atoms with E-state index in [0.717, 1.165) is 43.7 Å². The third-order valence-corrected chi connectivity index (χ3v) is 5.43. The van der Waals surface area contributed by atoms with Gasteiger partial charge in [0.05, 0.1) is 20.1 Å². The van der Waals surface area contributed by atoms with Crippen LogP contribution in [0.3, 0.4) is 0 Å². The summed E-state index contributed by atoms with van der Waals surface area (Å²) >= 11 is 5.87. The van der Waals surface area contributed by atoms with Gasteiger partial charge in [-0.25, -0.2) is 0 Å². The van der Waals surface area contributed by atoms with Crippen LogP contribution in [0.25, 0.3) is 0 Å². The average Bonchev–Trinajstić information content (AvgIpc) is 2.70. The summed E-state index contributed by atoms with van der Waals surface area (Å²) in [5, 5.41) is 10.6. The maximum absolute atomic E-state index is 12.5. The molecule has 1 saturated heterocycles. The standard InChI is InChI=1S/C22H26ClNO4/c1-27-21-7-2-17(14-20(21)25)15-22(26)24-11-8-16(9-12-24)10-13-28-19-5-3-18(23)4-6-19/h2-7,14,16,25H,8-13,15H2,1H3. The molecule has 1 heterocycles. The number of ether oxygens (including phenoxy) is 2. The number of aromatic hydroxyl groups is 1. The van der Waals surface area contributed by atoms with E-state index in [1.807, 2.05) is 35.2 Å². The molecular formula is C22H26ClNO4. The lowest BCUT2D eigenvalue weighted by Gasteiger charge is -2.32. The Morgan fingerprint density at radius 2 is 1.89 bits per heavy atom. The summed E-state index contributed by atoms with van der Waals surface area (Å²) in [4.78, 5) is 14.5. The van der Waals surface area contributed by atoms with Crippen LogP contribution in [-0.4, -0.2) is 42.7 Å². The molecule has 0 atom stereocenters. The number of carbonyl (C=O) groups excluding carboxylic acids is 1. The summed E-state index contributed by atoms with van der Waals surface area (Å²) in [5.41, 5.74) is 0.793. The Balaban J connectivity index is 1.40. The smallest absolute Gasteiger partial charge is 0.226 e. The number of phenolic OH excluding ortho intramolecular Hbond substituents is 1. The molecule has 1 aliphatic rings.